The maximum atomic E-state index is 13.0. The van der Waals surface area contributed by atoms with E-state index in [2.05, 4.69) is 20.8 Å². The zero-order chi connectivity index (χ0) is 19.4. The van der Waals surface area contributed by atoms with E-state index in [4.69, 9.17) is 0 Å². The van der Waals surface area contributed by atoms with Gasteiger partial charge in [0.2, 0.25) is 0 Å². The molecule has 27 heavy (non-hydrogen) atoms. The van der Waals surface area contributed by atoms with E-state index in [9.17, 15) is 18.0 Å². The fourth-order valence-electron chi connectivity index (χ4n) is 2.40. The molecule has 1 amide bonds. The summed E-state index contributed by atoms with van der Waals surface area (Å²) in [7, 11) is 0. The molecule has 0 aliphatic heterocycles. The van der Waals surface area contributed by atoms with Gasteiger partial charge in [-0.25, -0.2) is 0 Å². The van der Waals surface area contributed by atoms with Crippen LogP contribution in [0.25, 0.3) is 0 Å². The summed E-state index contributed by atoms with van der Waals surface area (Å²) >= 11 is 0. The Kier molecular flexibility index (Phi) is 5.07. The molecule has 1 heterocycles. The lowest BCUT2D eigenvalue weighted by molar-refractivity contribution is -0.136. The van der Waals surface area contributed by atoms with Crippen molar-refractivity contribution in [1.82, 2.24) is 10.2 Å². The minimum atomic E-state index is -4.57. The van der Waals surface area contributed by atoms with Crippen molar-refractivity contribution in [2.75, 3.05) is 10.6 Å². The number of hydrogen-bond donors (Lipinski definition) is 2. The van der Waals surface area contributed by atoms with Crippen LogP contribution in [0.2, 0.25) is 0 Å². The van der Waals surface area contributed by atoms with Crippen LogP contribution in [0.15, 0.2) is 60.7 Å². The summed E-state index contributed by atoms with van der Waals surface area (Å²) in [5.74, 6) is -0.363. The molecule has 2 aromatic carbocycles. The van der Waals surface area contributed by atoms with Gasteiger partial charge in [0.25, 0.3) is 5.91 Å². The van der Waals surface area contributed by atoms with Crippen LogP contribution in [0, 0.1) is 6.92 Å². The monoisotopic (exact) mass is 372 g/mol. The van der Waals surface area contributed by atoms with Gasteiger partial charge in [0.1, 0.15) is 0 Å². The second kappa shape index (κ2) is 7.45. The first-order valence-electron chi connectivity index (χ1n) is 7.98. The number of amides is 1. The van der Waals surface area contributed by atoms with E-state index >= 15 is 0 Å². The van der Waals surface area contributed by atoms with Crippen molar-refractivity contribution in [1.29, 1.82) is 0 Å². The van der Waals surface area contributed by atoms with Crippen LogP contribution in [-0.4, -0.2) is 16.1 Å². The Labute approximate surface area is 153 Å². The molecule has 5 nitrogen and oxygen atoms in total. The van der Waals surface area contributed by atoms with E-state index in [1.165, 1.54) is 30.3 Å². The minimum Gasteiger partial charge on any atom is -0.339 e. The molecule has 0 radical (unpaired) electrons. The van der Waals surface area contributed by atoms with Crippen molar-refractivity contribution < 1.29 is 18.0 Å². The van der Waals surface area contributed by atoms with Gasteiger partial charge < -0.3 is 10.6 Å². The van der Waals surface area contributed by atoms with Gasteiger partial charge in [0.05, 0.1) is 11.3 Å². The molecule has 2 N–H and O–H groups in total. The van der Waals surface area contributed by atoms with Crippen LogP contribution < -0.4 is 10.6 Å². The fourth-order valence-corrected chi connectivity index (χ4v) is 2.40. The predicted octanol–water partition coefficient (Wildman–Crippen LogP) is 4.80. The fraction of sp³-hybridized carbons (Fsp3) is 0.105. The van der Waals surface area contributed by atoms with E-state index in [1.807, 2.05) is 31.2 Å². The van der Waals surface area contributed by atoms with Crippen LogP contribution in [0.4, 0.5) is 30.4 Å². The van der Waals surface area contributed by atoms with Gasteiger partial charge in [-0.1, -0.05) is 30.3 Å². The van der Waals surface area contributed by atoms with Gasteiger partial charge in [-0.3, -0.25) is 4.79 Å². The van der Waals surface area contributed by atoms with Crippen molar-refractivity contribution in [3.8, 4) is 0 Å². The largest absolute Gasteiger partial charge is 0.418 e. The Hall–Kier alpha value is -3.42. The molecule has 0 fully saturated rings. The quantitative estimate of drug-likeness (QED) is 0.690. The molecule has 1 aromatic heterocycles. The maximum Gasteiger partial charge on any atom is 0.418 e. The number of para-hydroxylation sites is 2. The summed E-state index contributed by atoms with van der Waals surface area (Å²) < 4.78 is 39.0. The average molecular weight is 372 g/mol. The van der Waals surface area contributed by atoms with E-state index in [1.54, 1.807) is 0 Å². The van der Waals surface area contributed by atoms with E-state index in [-0.39, 0.29) is 11.4 Å². The third kappa shape index (κ3) is 4.41. The summed E-state index contributed by atoms with van der Waals surface area (Å²) in [6, 6.07) is 15.2. The predicted molar refractivity (Wildman–Crippen MR) is 95.9 cm³/mol. The number of aryl methyl sites for hydroxylation is 1. The lowest BCUT2D eigenvalue weighted by Gasteiger charge is -2.13. The highest BCUT2D eigenvalue weighted by molar-refractivity contribution is 6.03. The summed E-state index contributed by atoms with van der Waals surface area (Å²) in [5.41, 5.74) is 0.485. The minimum absolute atomic E-state index is 0.0951. The molecule has 0 saturated carbocycles. The standard InChI is InChI=1S/C19H15F3N4O/c1-12-6-2-4-8-14(12)23-17-11-10-16(25-26-17)18(27)24-15-9-5-3-7-13(15)19(20,21)22/h2-11H,1H3,(H,23,26)(H,24,27). The Morgan fingerprint density at radius 2 is 1.56 bits per heavy atom. The molecule has 0 saturated heterocycles. The topological polar surface area (TPSA) is 66.9 Å². The number of rotatable bonds is 4. The normalized spacial score (nSPS) is 11.1. The van der Waals surface area contributed by atoms with Gasteiger partial charge in [0, 0.05) is 5.69 Å². The number of aromatic nitrogens is 2. The highest BCUT2D eigenvalue weighted by atomic mass is 19.4. The summed E-state index contributed by atoms with van der Waals surface area (Å²) in [4.78, 5) is 12.2. The van der Waals surface area contributed by atoms with Crippen molar-refractivity contribution >= 4 is 23.1 Å². The first-order chi connectivity index (χ1) is 12.8. The molecule has 3 aromatic rings. The van der Waals surface area contributed by atoms with Gasteiger partial charge in [-0.15, -0.1) is 10.2 Å². The molecule has 0 unspecified atom stereocenters. The Morgan fingerprint density at radius 1 is 0.889 bits per heavy atom. The molecule has 3 rings (SSSR count). The molecular formula is C19H15F3N4O. The van der Waals surface area contributed by atoms with Crippen LogP contribution in [-0.2, 0) is 6.18 Å². The zero-order valence-electron chi connectivity index (χ0n) is 14.2. The lowest BCUT2D eigenvalue weighted by atomic mass is 10.1. The molecule has 0 atom stereocenters. The van der Waals surface area contributed by atoms with Crippen molar-refractivity contribution in [3.63, 3.8) is 0 Å². The van der Waals surface area contributed by atoms with Crippen LogP contribution >= 0.6 is 0 Å². The third-order valence-electron chi connectivity index (χ3n) is 3.79. The molecule has 0 aliphatic carbocycles. The average Bonchev–Trinajstić information content (AvgIpc) is 2.64. The molecule has 138 valence electrons. The number of carbonyl (C=O) groups is 1. The maximum absolute atomic E-state index is 13.0. The highest BCUT2D eigenvalue weighted by Gasteiger charge is 2.33. The van der Waals surface area contributed by atoms with Gasteiger partial charge >= 0.3 is 6.18 Å². The number of alkyl halides is 3. The number of nitrogens with one attached hydrogen (secondary N) is 2. The third-order valence-corrected chi connectivity index (χ3v) is 3.79. The summed E-state index contributed by atoms with van der Waals surface area (Å²) in [6.07, 6.45) is -4.57. The smallest absolute Gasteiger partial charge is 0.339 e. The number of benzene rings is 2. The number of halogens is 3. The summed E-state index contributed by atoms with van der Waals surface area (Å²) in [5, 5.41) is 13.0. The van der Waals surface area contributed by atoms with Crippen molar-refractivity contribution in [2.45, 2.75) is 13.1 Å². The van der Waals surface area contributed by atoms with E-state index in [0.29, 0.717) is 5.82 Å². The zero-order valence-corrected chi connectivity index (χ0v) is 14.2. The number of anilines is 3. The Morgan fingerprint density at radius 3 is 2.19 bits per heavy atom. The SMILES string of the molecule is Cc1ccccc1Nc1ccc(C(=O)Nc2ccccc2C(F)(F)F)nn1. The lowest BCUT2D eigenvalue weighted by Crippen LogP contribution is -2.18. The van der Waals surface area contributed by atoms with E-state index in [0.717, 1.165) is 17.3 Å². The number of nitrogens with zero attached hydrogens (tertiary/aromatic N) is 2. The molecule has 0 aliphatic rings. The highest BCUT2D eigenvalue weighted by Crippen LogP contribution is 2.34. The number of hydrogen-bond acceptors (Lipinski definition) is 4. The van der Waals surface area contributed by atoms with Crippen LogP contribution in [0.1, 0.15) is 21.6 Å². The van der Waals surface area contributed by atoms with E-state index < -0.39 is 17.6 Å². The summed E-state index contributed by atoms with van der Waals surface area (Å²) in [6.45, 7) is 1.93. The van der Waals surface area contributed by atoms with Gasteiger partial charge in [0.15, 0.2) is 11.5 Å². The van der Waals surface area contributed by atoms with Gasteiger partial charge in [-0.2, -0.15) is 13.2 Å². The molecule has 0 spiro atoms. The molecule has 8 heteroatoms. The van der Waals surface area contributed by atoms with Crippen LogP contribution in [0.5, 0.6) is 0 Å². The molecular weight excluding hydrogens is 357 g/mol. The van der Waals surface area contributed by atoms with Crippen LogP contribution in [0.3, 0.4) is 0 Å². The first kappa shape index (κ1) is 18.4. The number of carbonyl (C=O) groups excluding carboxylic acids is 1. The second-order valence-corrected chi connectivity index (χ2v) is 5.74. The first-order valence-corrected chi connectivity index (χ1v) is 7.98. The van der Waals surface area contributed by atoms with Crippen molar-refractivity contribution in [3.05, 3.63) is 77.5 Å². The van der Waals surface area contributed by atoms with Crippen molar-refractivity contribution in [2.24, 2.45) is 0 Å². The second-order valence-electron chi connectivity index (χ2n) is 5.74. The Bertz CT molecular complexity index is 956. The van der Waals surface area contributed by atoms with Gasteiger partial charge in [-0.05, 0) is 42.8 Å². The molecule has 0 bridgehead atoms. The Balaban J connectivity index is 1.75.